The molecule has 17 heavy (non-hydrogen) atoms. The zero-order chi connectivity index (χ0) is 12.3. The Morgan fingerprint density at radius 3 is 2.65 bits per heavy atom. The van der Waals surface area contributed by atoms with E-state index in [9.17, 15) is 9.18 Å². The summed E-state index contributed by atoms with van der Waals surface area (Å²) in [6.45, 7) is 0. The van der Waals surface area contributed by atoms with Gasteiger partial charge in [0.1, 0.15) is 5.82 Å². The van der Waals surface area contributed by atoms with Crippen molar-refractivity contribution in [3.63, 3.8) is 0 Å². The molecule has 2 aromatic rings. The number of aromatic nitrogens is 1. The Balaban J connectivity index is 2.22. The molecule has 0 radical (unpaired) electrons. The molecule has 0 saturated carbocycles. The zero-order valence-corrected chi connectivity index (χ0v) is 8.85. The number of nitrogens with one attached hydrogen (secondary N) is 1. The van der Waals surface area contributed by atoms with Gasteiger partial charge in [-0.2, -0.15) is 0 Å². The number of amides is 1. The van der Waals surface area contributed by atoms with E-state index in [1.807, 2.05) is 0 Å². The van der Waals surface area contributed by atoms with Gasteiger partial charge in [-0.25, -0.2) is 4.39 Å². The van der Waals surface area contributed by atoms with E-state index < -0.39 is 5.82 Å². The number of carbonyl (C=O) groups is 1. The van der Waals surface area contributed by atoms with E-state index in [0.717, 1.165) is 0 Å². The van der Waals surface area contributed by atoms with Crippen LogP contribution in [0, 0.1) is 5.82 Å². The van der Waals surface area contributed by atoms with Gasteiger partial charge in [0.2, 0.25) is 0 Å². The lowest BCUT2D eigenvalue weighted by molar-refractivity contribution is 0.102. The third-order valence-electron chi connectivity index (χ3n) is 2.21. The molecule has 0 aliphatic heterocycles. The summed E-state index contributed by atoms with van der Waals surface area (Å²) in [6.07, 6.45) is 3.01. The van der Waals surface area contributed by atoms with Crippen LogP contribution in [0.1, 0.15) is 10.4 Å². The van der Waals surface area contributed by atoms with Crippen LogP contribution in [0.5, 0.6) is 0 Å². The quantitative estimate of drug-likeness (QED) is 0.777. The first-order valence-electron chi connectivity index (χ1n) is 4.93. The number of rotatable bonds is 2. The molecule has 1 aromatic heterocycles. The molecule has 0 aliphatic carbocycles. The standard InChI is InChI=1S/C12H10FN3O/c13-9-1-2-10(14)11(7-9)16-12(17)8-3-5-15-6-4-8/h1-7H,14H2,(H,16,17). The van der Waals surface area contributed by atoms with Crippen molar-refractivity contribution in [3.8, 4) is 0 Å². The number of nitrogen functional groups attached to an aromatic ring is 1. The second-order valence-corrected chi connectivity index (χ2v) is 3.42. The first-order valence-corrected chi connectivity index (χ1v) is 4.93. The van der Waals surface area contributed by atoms with Gasteiger partial charge in [0, 0.05) is 18.0 Å². The number of hydrogen-bond acceptors (Lipinski definition) is 3. The molecule has 0 saturated heterocycles. The molecular formula is C12H10FN3O. The maximum absolute atomic E-state index is 13.0. The van der Waals surface area contributed by atoms with Gasteiger partial charge < -0.3 is 11.1 Å². The van der Waals surface area contributed by atoms with Crippen molar-refractivity contribution in [2.24, 2.45) is 0 Å². The van der Waals surface area contributed by atoms with Gasteiger partial charge in [-0.3, -0.25) is 9.78 Å². The summed E-state index contributed by atoms with van der Waals surface area (Å²) >= 11 is 0. The number of hydrogen-bond donors (Lipinski definition) is 2. The number of benzene rings is 1. The lowest BCUT2D eigenvalue weighted by Crippen LogP contribution is -2.13. The first kappa shape index (κ1) is 11.1. The minimum absolute atomic E-state index is 0.256. The maximum atomic E-state index is 13.0. The first-order chi connectivity index (χ1) is 8.16. The average molecular weight is 231 g/mol. The fraction of sp³-hybridized carbons (Fsp3) is 0. The van der Waals surface area contributed by atoms with E-state index in [4.69, 9.17) is 5.73 Å². The van der Waals surface area contributed by atoms with Crippen molar-refractivity contribution in [2.45, 2.75) is 0 Å². The van der Waals surface area contributed by atoms with Crippen LogP contribution in [0.2, 0.25) is 0 Å². The van der Waals surface area contributed by atoms with Crippen molar-refractivity contribution in [1.82, 2.24) is 4.98 Å². The normalized spacial score (nSPS) is 9.94. The number of carbonyl (C=O) groups excluding carboxylic acids is 1. The van der Waals surface area contributed by atoms with Crippen LogP contribution in [0.3, 0.4) is 0 Å². The SMILES string of the molecule is Nc1ccc(F)cc1NC(=O)c1ccncc1. The average Bonchev–Trinajstić information content (AvgIpc) is 2.35. The topological polar surface area (TPSA) is 68.0 Å². The lowest BCUT2D eigenvalue weighted by atomic mass is 10.2. The minimum atomic E-state index is -0.454. The predicted octanol–water partition coefficient (Wildman–Crippen LogP) is 2.06. The van der Waals surface area contributed by atoms with Crippen molar-refractivity contribution < 1.29 is 9.18 Å². The third kappa shape index (κ3) is 2.57. The van der Waals surface area contributed by atoms with Crippen LogP contribution >= 0.6 is 0 Å². The van der Waals surface area contributed by atoms with E-state index in [1.165, 1.54) is 30.6 Å². The lowest BCUT2D eigenvalue weighted by Gasteiger charge is -2.07. The molecule has 4 nitrogen and oxygen atoms in total. The highest BCUT2D eigenvalue weighted by Crippen LogP contribution is 2.19. The van der Waals surface area contributed by atoms with Gasteiger partial charge >= 0.3 is 0 Å². The third-order valence-corrected chi connectivity index (χ3v) is 2.21. The molecule has 3 N–H and O–H groups in total. The van der Waals surface area contributed by atoms with E-state index >= 15 is 0 Å². The van der Waals surface area contributed by atoms with Crippen molar-refractivity contribution >= 4 is 17.3 Å². The predicted molar refractivity (Wildman–Crippen MR) is 63.0 cm³/mol. The number of pyridine rings is 1. The highest BCUT2D eigenvalue weighted by Gasteiger charge is 2.08. The van der Waals surface area contributed by atoms with Crippen molar-refractivity contribution in [2.75, 3.05) is 11.1 Å². The van der Waals surface area contributed by atoms with Gasteiger partial charge in [-0.05, 0) is 30.3 Å². The maximum Gasteiger partial charge on any atom is 0.255 e. The largest absolute Gasteiger partial charge is 0.397 e. The Morgan fingerprint density at radius 1 is 1.24 bits per heavy atom. The highest BCUT2D eigenvalue weighted by atomic mass is 19.1. The van der Waals surface area contributed by atoms with Crippen LogP contribution in [-0.4, -0.2) is 10.9 Å². The Labute approximate surface area is 97.3 Å². The van der Waals surface area contributed by atoms with E-state index in [0.29, 0.717) is 11.3 Å². The van der Waals surface area contributed by atoms with Gasteiger partial charge in [0.25, 0.3) is 5.91 Å². The summed E-state index contributed by atoms with van der Waals surface area (Å²) in [5.74, 6) is -0.811. The monoisotopic (exact) mass is 231 g/mol. The fourth-order valence-electron chi connectivity index (χ4n) is 1.33. The summed E-state index contributed by atoms with van der Waals surface area (Å²) < 4.78 is 13.0. The molecule has 86 valence electrons. The molecule has 0 unspecified atom stereocenters. The number of nitrogens with zero attached hydrogens (tertiary/aromatic N) is 1. The van der Waals surface area contributed by atoms with Crippen molar-refractivity contribution in [1.29, 1.82) is 0 Å². The zero-order valence-electron chi connectivity index (χ0n) is 8.85. The molecule has 5 heteroatoms. The summed E-state index contributed by atoms with van der Waals surface area (Å²) in [4.78, 5) is 15.6. The summed E-state index contributed by atoms with van der Waals surface area (Å²) in [5, 5.41) is 2.54. The number of anilines is 2. The van der Waals surface area contributed by atoms with Gasteiger partial charge in [-0.15, -0.1) is 0 Å². The van der Waals surface area contributed by atoms with Crippen LogP contribution in [0.15, 0.2) is 42.7 Å². The molecule has 0 spiro atoms. The molecular weight excluding hydrogens is 221 g/mol. The van der Waals surface area contributed by atoms with Gasteiger partial charge in [-0.1, -0.05) is 0 Å². The van der Waals surface area contributed by atoms with Gasteiger partial charge in [0.15, 0.2) is 0 Å². The van der Waals surface area contributed by atoms with Crippen molar-refractivity contribution in [3.05, 3.63) is 54.1 Å². The Bertz CT molecular complexity index is 543. The molecule has 1 amide bonds. The molecule has 0 aliphatic rings. The molecule has 0 bridgehead atoms. The van der Waals surface area contributed by atoms with Crippen LogP contribution in [0.4, 0.5) is 15.8 Å². The summed E-state index contributed by atoms with van der Waals surface area (Å²) in [7, 11) is 0. The minimum Gasteiger partial charge on any atom is -0.397 e. The van der Waals surface area contributed by atoms with E-state index in [2.05, 4.69) is 10.3 Å². The Hall–Kier alpha value is -2.43. The second-order valence-electron chi connectivity index (χ2n) is 3.42. The fourth-order valence-corrected chi connectivity index (χ4v) is 1.33. The van der Waals surface area contributed by atoms with E-state index in [-0.39, 0.29) is 11.6 Å². The number of nitrogens with two attached hydrogens (primary N) is 1. The molecule has 1 heterocycles. The van der Waals surface area contributed by atoms with Crippen LogP contribution in [-0.2, 0) is 0 Å². The molecule has 2 rings (SSSR count). The van der Waals surface area contributed by atoms with Crippen LogP contribution < -0.4 is 11.1 Å². The second kappa shape index (κ2) is 4.61. The smallest absolute Gasteiger partial charge is 0.255 e. The summed E-state index contributed by atoms with van der Waals surface area (Å²) in [5.41, 5.74) is 6.63. The molecule has 0 fully saturated rings. The molecule has 1 aromatic carbocycles. The molecule has 0 atom stereocenters. The Morgan fingerprint density at radius 2 is 1.94 bits per heavy atom. The van der Waals surface area contributed by atoms with Gasteiger partial charge in [0.05, 0.1) is 11.4 Å². The summed E-state index contributed by atoms with van der Waals surface area (Å²) in [6, 6.07) is 6.93. The van der Waals surface area contributed by atoms with E-state index in [1.54, 1.807) is 12.1 Å². The number of halogens is 1. The Kier molecular flexibility index (Phi) is 3.00. The highest BCUT2D eigenvalue weighted by molar-refractivity contribution is 6.05. The van der Waals surface area contributed by atoms with Crippen LogP contribution in [0.25, 0.3) is 0 Å².